The molecular formula is C17H26N4O5. The van der Waals surface area contributed by atoms with Gasteiger partial charge in [0.15, 0.2) is 6.23 Å². The van der Waals surface area contributed by atoms with Crippen molar-refractivity contribution in [1.82, 2.24) is 14.9 Å². The van der Waals surface area contributed by atoms with E-state index < -0.39 is 23.6 Å². The second-order valence-electron chi connectivity index (χ2n) is 6.18. The Bertz CT molecular complexity index is 739. The van der Waals surface area contributed by atoms with Crippen molar-refractivity contribution in [2.24, 2.45) is 5.73 Å². The van der Waals surface area contributed by atoms with E-state index in [-0.39, 0.29) is 24.5 Å². The van der Waals surface area contributed by atoms with Gasteiger partial charge in [-0.25, -0.2) is 4.79 Å². The summed E-state index contributed by atoms with van der Waals surface area (Å²) in [5.74, 6) is -0.282. The highest BCUT2D eigenvalue weighted by molar-refractivity contribution is 5.78. The molecule has 9 heteroatoms. The molecule has 1 aliphatic heterocycles. The van der Waals surface area contributed by atoms with Crippen molar-refractivity contribution in [3.8, 4) is 0 Å². The lowest BCUT2D eigenvalue weighted by Crippen LogP contribution is -2.36. The Morgan fingerprint density at radius 3 is 2.73 bits per heavy atom. The molecule has 0 fully saturated rings. The first kappa shape index (κ1) is 20.1. The Morgan fingerprint density at radius 2 is 2.04 bits per heavy atom. The Morgan fingerprint density at radius 1 is 1.27 bits per heavy atom. The topological polar surface area (TPSA) is 139 Å². The SMILES string of the molecule is NCCCCCCNC(=O)Cc1cn(C2C=CC(CO)O2)c(=O)[nH]c1=O. The molecule has 26 heavy (non-hydrogen) atoms. The molecule has 0 saturated heterocycles. The normalized spacial score (nSPS) is 19.0. The summed E-state index contributed by atoms with van der Waals surface area (Å²) < 4.78 is 6.66. The van der Waals surface area contributed by atoms with Gasteiger partial charge < -0.3 is 20.9 Å². The van der Waals surface area contributed by atoms with E-state index in [1.54, 1.807) is 12.2 Å². The number of carbonyl (C=O) groups is 1. The number of aromatic amines is 1. The lowest BCUT2D eigenvalue weighted by Gasteiger charge is -2.15. The van der Waals surface area contributed by atoms with Crippen LogP contribution < -0.4 is 22.3 Å². The molecule has 1 aromatic heterocycles. The number of aliphatic hydroxyl groups is 1. The number of aliphatic hydroxyl groups excluding tert-OH is 1. The van der Waals surface area contributed by atoms with Gasteiger partial charge in [-0.3, -0.25) is 19.1 Å². The van der Waals surface area contributed by atoms with Crippen LogP contribution in [0.25, 0.3) is 0 Å². The van der Waals surface area contributed by atoms with Gasteiger partial charge in [-0.1, -0.05) is 18.9 Å². The predicted molar refractivity (Wildman–Crippen MR) is 95.7 cm³/mol. The van der Waals surface area contributed by atoms with Crippen LogP contribution in [0.15, 0.2) is 27.9 Å². The fraction of sp³-hybridized carbons (Fsp3) is 0.588. The van der Waals surface area contributed by atoms with Crippen LogP contribution in [-0.2, 0) is 16.0 Å². The van der Waals surface area contributed by atoms with Crippen molar-refractivity contribution < 1.29 is 14.6 Å². The van der Waals surface area contributed by atoms with Crippen LogP contribution in [-0.4, -0.2) is 46.4 Å². The van der Waals surface area contributed by atoms with E-state index in [9.17, 15) is 14.4 Å². The number of nitrogens with one attached hydrogen (secondary N) is 2. The molecule has 1 amide bonds. The van der Waals surface area contributed by atoms with Crippen LogP contribution in [0.3, 0.4) is 0 Å². The van der Waals surface area contributed by atoms with Crippen molar-refractivity contribution in [2.45, 2.75) is 44.4 Å². The minimum absolute atomic E-state index is 0.127. The number of hydrogen-bond donors (Lipinski definition) is 4. The van der Waals surface area contributed by atoms with E-state index in [1.165, 1.54) is 10.8 Å². The maximum absolute atomic E-state index is 12.0. The number of aromatic nitrogens is 2. The van der Waals surface area contributed by atoms with Crippen molar-refractivity contribution >= 4 is 5.91 Å². The summed E-state index contributed by atoms with van der Waals surface area (Å²) in [4.78, 5) is 38.1. The zero-order valence-electron chi connectivity index (χ0n) is 14.6. The molecule has 0 saturated carbocycles. The number of unbranched alkanes of at least 4 members (excludes halogenated alkanes) is 3. The molecule has 0 aromatic carbocycles. The van der Waals surface area contributed by atoms with E-state index in [4.69, 9.17) is 15.6 Å². The highest BCUT2D eigenvalue weighted by Gasteiger charge is 2.22. The van der Waals surface area contributed by atoms with E-state index in [1.807, 2.05) is 0 Å². The van der Waals surface area contributed by atoms with E-state index in [0.717, 1.165) is 25.7 Å². The Kier molecular flexibility index (Phi) is 7.76. The molecule has 0 spiro atoms. The van der Waals surface area contributed by atoms with Gasteiger partial charge in [-0.15, -0.1) is 0 Å². The second kappa shape index (κ2) is 10.0. The van der Waals surface area contributed by atoms with Gasteiger partial charge in [0.25, 0.3) is 5.56 Å². The molecule has 2 heterocycles. The third kappa shape index (κ3) is 5.65. The van der Waals surface area contributed by atoms with Gasteiger partial charge in [0.05, 0.1) is 13.0 Å². The number of H-pyrrole nitrogens is 1. The monoisotopic (exact) mass is 366 g/mol. The minimum atomic E-state index is -0.721. The highest BCUT2D eigenvalue weighted by atomic mass is 16.5. The Hall–Kier alpha value is -2.23. The van der Waals surface area contributed by atoms with Gasteiger partial charge >= 0.3 is 5.69 Å². The van der Waals surface area contributed by atoms with Crippen LogP contribution in [0.4, 0.5) is 0 Å². The molecule has 2 atom stereocenters. The summed E-state index contributed by atoms with van der Waals surface area (Å²) in [7, 11) is 0. The van der Waals surface area contributed by atoms with Crippen LogP contribution in [0.5, 0.6) is 0 Å². The van der Waals surface area contributed by atoms with Crippen LogP contribution >= 0.6 is 0 Å². The van der Waals surface area contributed by atoms with Crippen LogP contribution in [0.1, 0.15) is 37.5 Å². The molecule has 2 rings (SSSR count). The molecule has 1 aliphatic rings. The fourth-order valence-electron chi connectivity index (χ4n) is 2.68. The first-order chi connectivity index (χ1) is 12.5. The van der Waals surface area contributed by atoms with E-state index in [2.05, 4.69) is 10.3 Å². The molecule has 0 radical (unpaired) electrons. The van der Waals surface area contributed by atoms with Gasteiger partial charge in [0.2, 0.25) is 5.91 Å². The average molecular weight is 366 g/mol. The lowest BCUT2D eigenvalue weighted by atomic mass is 10.2. The van der Waals surface area contributed by atoms with E-state index in [0.29, 0.717) is 13.1 Å². The smallest absolute Gasteiger partial charge is 0.330 e. The summed E-state index contributed by atoms with van der Waals surface area (Å²) in [6.45, 7) is 1.00. The number of rotatable bonds is 10. The Labute approximate surface area is 150 Å². The number of nitrogens with zero attached hydrogens (tertiary/aromatic N) is 1. The van der Waals surface area contributed by atoms with Gasteiger partial charge in [0, 0.05) is 18.3 Å². The molecular weight excluding hydrogens is 340 g/mol. The summed E-state index contributed by atoms with van der Waals surface area (Å²) in [5.41, 5.74) is 4.37. The van der Waals surface area contributed by atoms with Crippen molar-refractivity contribution in [3.63, 3.8) is 0 Å². The minimum Gasteiger partial charge on any atom is -0.393 e. The van der Waals surface area contributed by atoms with Gasteiger partial charge in [0.1, 0.15) is 6.10 Å². The fourth-order valence-corrected chi connectivity index (χ4v) is 2.68. The number of hydrogen-bond acceptors (Lipinski definition) is 6. The van der Waals surface area contributed by atoms with Crippen molar-refractivity contribution in [3.05, 3.63) is 44.8 Å². The summed E-state index contributed by atoms with van der Waals surface area (Å²) in [6.07, 6.45) is 7.08. The maximum atomic E-state index is 12.0. The first-order valence-electron chi connectivity index (χ1n) is 8.81. The quantitative estimate of drug-likeness (QED) is 0.314. The zero-order chi connectivity index (χ0) is 18.9. The number of ether oxygens (including phenoxy) is 1. The summed E-state index contributed by atoms with van der Waals surface area (Å²) >= 11 is 0. The Balaban J connectivity index is 1.94. The molecule has 144 valence electrons. The third-order valence-corrected chi connectivity index (χ3v) is 4.10. The van der Waals surface area contributed by atoms with Crippen molar-refractivity contribution in [1.29, 1.82) is 0 Å². The molecule has 2 unspecified atom stereocenters. The maximum Gasteiger partial charge on any atom is 0.330 e. The predicted octanol–water partition coefficient (Wildman–Crippen LogP) is -0.840. The first-order valence-corrected chi connectivity index (χ1v) is 8.81. The second-order valence-corrected chi connectivity index (χ2v) is 6.18. The van der Waals surface area contributed by atoms with E-state index >= 15 is 0 Å². The number of amides is 1. The molecule has 9 nitrogen and oxygen atoms in total. The number of carbonyl (C=O) groups excluding carboxylic acids is 1. The molecule has 5 N–H and O–H groups in total. The van der Waals surface area contributed by atoms with Crippen molar-refractivity contribution in [2.75, 3.05) is 19.7 Å². The third-order valence-electron chi connectivity index (χ3n) is 4.10. The number of nitrogens with two attached hydrogens (primary N) is 1. The molecule has 0 bridgehead atoms. The molecule has 1 aromatic rings. The summed E-state index contributed by atoms with van der Waals surface area (Å²) in [5, 5.41) is 11.9. The zero-order valence-corrected chi connectivity index (χ0v) is 14.6. The standard InChI is InChI=1S/C17H26N4O5/c18-7-3-1-2-4-8-19-14(23)9-12-10-21(17(25)20-16(12)24)15-6-5-13(11-22)26-15/h5-6,10,13,15,22H,1-4,7-9,11,18H2,(H,19,23)(H,20,24,25). The van der Waals surface area contributed by atoms with Crippen LogP contribution in [0.2, 0.25) is 0 Å². The van der Waals surface area contributed by atoms with Gasteiger partial charge in [-0.2, -0.15) is 0 Å². The molecule has 0 aliphatic carbocycles. The van der Waals surface area contributed by atoms with Gasteiger partial charge in [-0.05, 0) is 25.5 Å². The summed E-state index contributed by atoms with van der Waals surface area (Å²) in [6, 6.07) is 0. The average Bonchev–Trinajstić information content (AvgIpc) is 3.09. The lowest BCUT2D eigenvalue weighted by molar-refractivity contribution is -0.120. The highest BCUT2D eigenvalue weighted by Crippen LogP contribution is 2.19. The largest absolute Gasteiger partial charge is 0.393 e. The van der Waals surface area contributed by atoms with Crippen LogP contribution in [0, 0.1) is 0 Å².